The Balaban J connectivity index is 0.000000141. The van der Waals surface area contributed by atoms with Gasteiger partial charge in [0, 0.05) is 65.8 Å². The van der Waals surface area contributed by atoms with E-state index in [1.165, 1.54) is 176 Å². The van der Waals surface area contributed by atoms with E-state index < -0.39 is 0 Å². The molecular weight excluding hydrogens is 1350 g/mol. The standard InChI is InChI=1S/2C54H36N2/c1-4-15-37(16-5-1)40-21-14-22-43(33-40)55-51-25-12-10-23-46(51)49-34-41(27-31-53(49)55)42-28-32-54-50(35-42)47-24-11-13-26-52(47)56(54)44-29-30-45(38-17-6-2-7-18-38)48(36-44)39-19-8-3-9-20-39;1-4-15-37(16-5-1)40-21-14-22-45(32-40)55-51-25-12-10-23-47(51)49-35-41(27-29-53(49)55)42-28-30-54-50(36-42)48-24-11-13-26-52(48)56(54)46-33-43(38-17-6-2-7-18-38)31-44(34-46)39-19-8-3-9-20-39/h2*1-36H. The van der Waals surface area contributed by atoms with Crippen LogP contribution in [0.25, 0.3) is 199 Å². The molecular formula is C108H72N4. The van der Waals surface area contributed by atoms with E-state index in [-0.39, 0.29) is 0 Å². The van der Waals surface area contributed by atoms with Crippen molar-refractivity contribution in [2.24, 2.45) is 0 Å². The molecule has 0 aliphatic heterocycles. The van der Waals surface area contributed by atoms with E-state index in [2.05, 4.69) is 455 Å². The predicted octanol–water partition coefficient (Wildman–Crippen LogP) is 29.1. The summed E-state index contributed by atoms with van der Waals surface area (Å²) in [5.74, 6) is 0. The Hall–Kier alpha value is -14.8. The molecule has 0 radical (unpaired) electrons. The molecule has 0 spiro atoms. The highest BCUT2D eigenvalue weighted by molar-refractivity contribution is 6.15. The molecule has 0 N–H and O–H groups in total. The van der Waals surface area contributed by atoms with E-state index in [9.17, 15) is 0 Å². The van der Waals surface area contributed by atoms with Crippen molar-refractivity contribution in [2.45, 2.75) is 0 Å². The summed E-state index contributed by atoms with van der Waals surface area (Å²) in [7, 11) is 0. The molecule has 0 amide bonds. The van der Waals surface area contributed by atoms with Crippen LogP contribution in [0.15, 0.2) is 437 Å². The third-order valence-corrected chi connectivity index (χ3v) is 22.6. The lowest BCUT2D eigenvalue weighted by molar-refractivity contribution is 1.18. The monoisotopic (exact) mass is 1420 g/mol. The van der Waals surface area contributed by atoms with Crippen molar-refractivity contribution < 1.29 is 0 Å². The molecule has 18 aromatic carbocycles. The first-order valence-electron chi connectivity index (χ1n) is 38.5. The van der Waals surface area contributed by atoms with E-state index in [1.807, 2.05) is 0 Å². The molecule has 524 valence electrons. The van der Waals surface area contributed by atoms with Gasteiger partial charge < -0.3 is 18.3 Å². The normalized spacial score (nSPS) is 11.6. The Bertz CT molecular complexity index is 7270. The lowest BCUT2D eigenvalue weighted by atomic mass is 9.94. The minimum Gasteiger partial charge on any atom is -0.309 e. The molecule has 0 aliphatic rings. The number of rotatable bonds is 12. The molecule has 0 aliphatic carbocycles. The van der Waals surface area contributed by atoms with Gasteiger partial charge in [-0.2, -0.15) is 0 Å². The van der Waals surface area contributed by atoms with E-state index in [0.717, 1.165) is 22.7 Å². The second-order valence-electron chi connectivity index (χ2n) is 29.1. The smallest absolute Gasteiger partial charge is 0.0541 e. The fourth-order valence-corrected chi connectivity index (χ4v) is 17.4. The maximum absolute atomic E-state index is 2.44. The number of aromatic nitrogens is 4. The number of fused-ring (bicyclic) bond motifs is 12. The van der Waals surface area contributed by atoms with Crippen LogP contribution in [0.1, 0.15) is 0 Å². The Morgan fingerprint density at radius 1 is 0.107 bits per heavy atom. The summed E-state index contributed by atoms with van der Waals surface area (Å²) in [6.07, 6.45) is 0. The maximum atomic E-state index is 2.44. The largest absolute Gasteiger partial charge is 0.309 e. The van der Waals surface area contributed by atoms with Gasteiger partial charge in [-0.15, -0.1) is 0 Å². The third kappa shape index (κ3) is 11.6. The zero-order valence-corrected chi connectivity index (χ0v) is 61.4. The highest BCUT2D eigenvalue weighted by atomic mass is 15.0. The molecule has 22 rings (SSSR count). The van der Waals surface area contributed by atoms with E-state index in [4.69, 9.17) is 0 Å². The highest BCUT2D eigenvalue weighted by Crippen LogP contribution is 2.44. The molecule has 22 aromatic rings. The van der Waals surface area contributed by atoms with Crippen molar-refractivity contribution in [2.75, 3.05) is 0 Å². The minimum atomic E-state index is 1.15. The van der Waals surface area contributed by atoms with Crippen LogP contribution in [0.5, 0.6) is 0 Å². The number of para-hydroxylation sites is 4. The van der Waals surface area contributed by atoms with Crippen molar-refractivity contribution in [3.63, 3.8) is 0 Å². The average Bonchev–Trinajstić information content (AvgIpc) is 1.60. The molecule has 0 unspecified atom stereocenters. The van der Waals surface area contributed by atoms with Crippen LogP contribution in [0.2, 0.25) is 0 Å². The molecule has 0 saturated heterocycles. The van der Waals surface area contributed by atoms with Crippen LogP contribution in [0.4, 0.5) is 0 Å². The fourth-order valence-electron chi connectivity index (χ4n) is 17.4. The van der Waals surface area contributed by atoms with E-state index >= 15 is 0 Å². The molecule has 4 aromatic heterocycles. The fraction of sp³-hybridized carbons (Fsp3) is 0. The molecule has 0 fully saturated rings. The van der Waals surface area contributed by atoms with Crippen molar-refractivity contribution in [1.82, 2.24) is 18.3 Å². The topological polar surface area (TPSA) is 19.7 Å². The number of hydrogen-bond donors (Lipinski definition) is 0. The summed E-state index contributed by atoms with van der Waals surface area (Å²) in [5, 5.41) is 9.96. The zero-order valence-electron chi connectivity index (χ0n) is 61.4. The number of nitrogens with zero attached hydrogens (tertiary/aromatic N) is 4. The lowest BCUT2D eigenvalue weighted by Crippen LogP contribution is -1.96. The van der Waals surface area contributed by atoms with Gasteiger partial charge in [0.2, 0.25) is 0 Å². The second-order valence-corrected chi connectivity index (χ2v) is 29.1. The summed E-state index contributed by atoms with van der Waals surface area (Å²) < 4.78 is 9.68. The SMILES string of the molecule is c1ccc(-c2cccc(-n3c4ccccc4c4cc(-c5ccc6c(c5)c5ccccc5n6-c5cc(-c6ccccc6)cc(-c6ccccc6)c5)ccc43)c2)cc1.c1ccc(-c2cccc(-n3c4ccccc4c4cc(-c5ccc6c(c5)c5ccccc5n6-c5ccc(-c6ccccc6)c(-c6ccccc6)c5)ccc43)c2)cc1. The second kappa shape index (κ2) is 27.7. The summed E-state index contributed by atoms with van der Waals surface area (Å²) in [4.78, 5) is 0. The summed E-state index contributed by atoms with van der Waals surface area (Å²) >= 11 is 0. The van der Waals surface area contributed by atoms with Crippen LogP contribution in [0.3, 0.4) is 0 Å². The molecule has 0 saturated carbocycles. The van der Waals surface area contributed by atoms with Gasteiger partial charge in [-0.05, 0) is 216 Å². The molecule has 112 heavy (non-hydrogen) atoms. The van der Waals surface area contributed by atoms with Crippen LogP contribution in [0, 0.1) is 0 Å². The summed E-state index contributed by atoms with van der Waals surface area (Å²) in [6.45, 7) is 0. The molecule has 4 nitrogen and oxygen atoms in total. The molecule has 4 heteroatoms. The van der Waals surface area contributed by atoms with E-state index in [1.54, 1.807) is 0 Å². The Morgan fingerprint density at radius 2 is 0.348 bits per heavy atom. The maximum Gasteiger partial charge on any atom is 0.0541 e. The van der Waals surface area contributed by atoms with Crippen LogP contribution >= 0.6 is 0 Å². The predicted molar refractivity (Wildman–Crippen MR) is 474 cm³/mol. The third-order valence-electron chi connectivity index (χ3n) is 22.6. The van der Waals surface area contributed by atoms with Gasteiger partial charge in [-0.3, -0.25) is 0 Å². The van der Waals surface area contributed by atoms with Gasteiger partial charge in [0.25, 0.3) is 0 Å². The minimum absolute atomic E-state index is 1.15. The highest BCUT2D eigenvalue weighted by Gasteiger charge is 2.22. The summed E-state index contributed by atoms with van der Waals surface area (Å²) in [6, 6.07) is 159. The van der Waals surface area contributed by atoms with Crippen LogP contribution in [-0.2, 0) is 0 Å². The quantitative estimate of drug-likeness (QED) is 0.116. The van der Waals surface area contributed by atoms with Gasteiger partial charge in [0.15, 0.2) is 0 Å². The first-order valence-corrected chi connectivity index (χ1v) is 38.5. The first kappa shape index (κ1) is 65.5. The van der Waals surface area contributed by atoms with Gasteiger partial charge in [0.05, 0.1) is 44.1 Å². The van der Waals surface area contributed by atoms with Crippen molar-refractivity contribution >= 4 is 87.2 Å². The number of benzene rings is 18. The van der Waals surface area contributed by atoms with Gasteiger partial charge in [0.1, 0.15) is 0 Å². The summed E-state index contributed by atoms with van der Waals surface area (Å²) in [5.41, 5.74) is 33.5. The van der Waals surface area contributed by atoms with Crippen LogP contribution < -0.4 is 0 Å². The Labute approximate surface area is 649 Å². The van der Waals surface area contributed by atoms with Crippen molar-refractivity contribution in [1.29, 1.82) is 0 Å². The number of hydrogen-bond acceptors (Lipinski definition) is 0. The van der Waals surface area contributed by atoms with Crippen LogP contribution in [-0.4, -0.2) is 18.3 Å². The van der Waals surface area contributed by atoms with Crippen molar-refractivity contribution in [3.05, 3.63) is 437 Å². The lowest BCUT2D eigenvalue weighted by Gasteiger charge is -2.15. The molecule has 4 heterocycles. The first-order chi connectivity index (χ1) is 55.5. The zero-order chi connectivity index (χ0) is 74.0. The average molecular weight is 1430 g/mol. The Kier molecular flexibility index (Phi) is 16.2. The Morgan fingerprint density at radius 3 is 0.688 bits per heavy atom. The van der Waals surface area contributed by atoms with Gasteiger partial charge in [-0.1, -0.05) is 309 Å². The molecule has 0 atom stereocenters. The van der Waals surface area contributed by atoms with E-state index in [0.29, 0.717) is 0 Å². The van der Waals surface area contributed by atoms with Gasteiger partial charge >= 0.3 is 0 Å². The van der Waals surface area contributed by atoms with Crippen molar-refractivity contribution in [3.8, 4) is 112 Å². The molecule has 0 bridgehead atoms. The van der Waals surface area contributed by atoms with Gasteiger partial charge in [-0.25, -0.2) is 0 Å².